The molecule has 3 rings (SSSR count). The monoisotopic (exact) mass is 358 g/mol. The number of β-amino-alcohol motifs (C(OH)–C–C–N with tert-alkyl or cyclic N) is 1. The first-order valence-corrected chi connectivity index (χ1v) is 9.25. The zero-order valence-electron chi connectivity index (χ0n) is 14.1. The molecule has 0 spiro atoms. The highest BCUT2D eigenvalue weighted by molar-refractivity contribution is 7.12. The first-order valence-electron chi connectivity index (χ1n) is 8.37. The molecule has 2 atom stereocenters. The van der Waals surface area contributed by atoms with Crippen LogP contribution in [0, 0.1) is 0 Å². The fourth-order valence-corrected chi connectivity index (χ4v) is 3.86. The second-order valence-electron chi connectivity index (χ2n) is 6.41. The molecule has 2 heterocycles. The zero-order chi connectivity index (χ0) is 17.8. The Morgan fingerprint density at radius 2 is 2.08 bits per heavy atom. The second-order valence-corrected chi connectivity index (χ2v) is 7.32. The molecule has 25 heavy (non-hydrogen) atoms. The van der Waals surface area contributed by atoms with E-state index in [9.17, 15) is 14.7 Å². The largest absolute Gasteiger partial charge is 0.390 e. The number of carbonyl (C=O) groups is 2. The number of nitrogens with zero attached hydrogens (tertiary/aromatic N) is 1. The summed E-state index contributed by atoms with van der Waals surface area (Å²) in [5.74, 6) is -0.0688. The standard InChI is InChI=1S/C19H22N2O3S/c1-13(22)18-9-14(12-25-18)10-21-8-7-16(17(23)11-21)20-19(24)15-5-3-2-4-6-15/h2-6,9,12,16-17,23H,7-8,10-11H2,1H3,(H,20,24)/t16-,17-/m1/s1. The number of nitrogens with one attached hydrogen (secondary N) is 1. The third-order valence-corrected chi connectivity index (χ3v) is 5.51. The van der Waals surface area contributed by atoms with E-state index >= 15 is 0 Å². The Morgan fingerprint density at radius 3 is 2.72 bits per heavy atom. The summed E-state index contributed by atoms with van der Waals surface area (Å²) in [5.41, 5.74) is 1.70. The van der Waals surface area contributed by atoms with Crippen molar-refractivity contribution in [3.63, 3.8) is 0 Å². The van der Waals surface area contributed by atoms with E-state index in [4.69, 9.17) is 0 Å². The predicted octanol–water partition coefficient (Wildman–Crippen LogP) is 2.32. The first-order chi connectivity index (χ1) is 12.0. The summed E-state index contributed by atoms with van der Waals surface area (Å²) in [6, 6.07) is 10.7. The van der Waals surface area contributed by atoms with Crippen LogP contribution in [-0.2, 0) is 6.54 Å². The Kier molecular flexibility index (Phi) is 5.63. The summed E-state index contributed by atoms with van der Waals surface area (Å²) in [5, 5.41) is 15.3. The van der Waals surface area contributed by atoms with Crippen LogP contribution in [0.2, 0.25) is 0 Å². The molecule has 1 fully saturated rings. The van der Waals surface area contributed by atoms with Gasteiger partial charge in [0.1, 0.15) is 0 Å². The van der Waals surface area contributed by atoms with Crippen LogP contribution in [0.3, 0.4) is 0 Å². The van der Waals surface area contributed by atoms with Crippen LogP contribution >= 0.6 is 11.3 Å². The van der Waals surface area contributed by atoms with Crippen molar-refractivity contribution in [1.82, 2.24) is 10.2 Å². The lowest BCUT2D eigenvalue weighted by Gasteiger charge is -2.36. The van der Waals surface area contributed by atoms with Crippen LogP contribution in [0.15, 0.2) is 41.8 Å². The smallest absolute Gasteiger partial charge is 0.251 e. The van der Waals surface area contributed by atoms with Crippen LogP contribution in [0.5, 0.6) is 0 Å². The quantitative estimate of drug-likeness (QED) is 0.805. The van der Waals surface area contributed by atoms with Gasteiger partial charge >= 0.3 is 0 Å². The van der Waals surface area contributed by atoms with E-state index in [1.807, 2.05) is 29.6 Å². The van der Waals surface area contributed by atoms with Gasteiger partial charge in [-0.15, -0.1) is 11.3 Å². The van der Waals surface area contributed by atoms with E-state index in [1.165, 1.54) is 11.3 Å². The topological polar surface area (TPSA) is 69.6 Å². The molecular weight excluding hydrogens is 336 g/mol. The molecule has 1 aromatic heterocycles. The van der Waals surface area contributed by atoms with Crippen molar-refractivity contribution in [3.05, 3.63) is 57.8 Å². The molecule has 1 saturated heterocycles. The summed E-state index contributed by atoms with van der Waals surface area (Å²) in [6.45, 7) is 3.58. The number of aliphatic hydroxyl groups is 1. The molecule has 0 unspecified atom stereocenters. The number of hydrogen-bond donors (Lipinski definition) is 2. The van der Waals surface area contributed by atoms with Gasteiger partial charge in [0.15, 0.2) is 5.78 Å². The van der Waals surface area contributed by atoms with E-state index in [0.29, 0.717) is 25.1 Å². The fourth-order valence-electron chi connectivity index (χ4n) is 3.05. The molecule has 0 saturated carbocycles. The van der Waals surface area contributed by atoms with E-state index in [0.717, 1.165) is 17.0 Å². The highest BCUT2D eigenvalue weighted by atomic mass is 32.1. The summed E-state index contributed by atoms with van der Waals surface area (Å²) < 4.78 is 0. The van der Waals surface area contributed by atoms with E-state index < -0.39 is 6.10 Å². The maximum absolute atomic E-state index is 12.2. The summed E-state index contributed by atoms with van der Waals surface area (Å²) >= 11 is 1.46. The van der Waals surface area contributed by atoms with Crippen molar-refractivity contribution in [2.24, 2.45) is 0 Å². The summed E-state index contributed by atoms with van der Waals surface area (Å²) in [6.07, 6.45) is 0.0935. The van der Waals surface area contributed by atoms with Crippen LogP contribution in [0.25, 0.3) is 0 Å². The van der Waals surface area contributed by atoms with Crippen LogP contribution in [-0.4, -0.2) is 46.9 Å². The second kappa shape index (κ2) is 7.91. The average Bonchev–Trinajstić information content (AvgIpc) is 3.07. The van der Waals surface area contributed by atoms with Gasteiger partial charge < -0.3 is 10.4 Å². The lowest BCUT2D eigenvalue weighted by molar-refractivity contribution is 0.0350. The van der Waals surface area contributed by atoms with Gasteiger partial charge in [-0.1, -0.05) is 18.2 Å². The van der Waals surface area contributed by atoms with Gasteiger partial charge in [-0.25, -0.2) is 0 Å². The van der Waals surface area contributed by atoms with Gasteiger partial charge in [0, 0.05) is 25.2 Å². The summed E-state index contributed by atoms with van der Waals surface area (Å²) in [7, 11) is 0. The van der Waals surface area contributed by atoms with Crippen molar-refractivity contribution in [1.29, 1.82) is 0 Å². The predicted molar refractivity (Wildman–Crippen MR) is 97.9 cm³/mol. The molecule has 0 aliphatic carbocycles. The Morgan fingerprint density at radius 1 is 1.32 bits per heavy atom. The van der Waals surface area contributed by atoms with Gasteiger partial charge in [0.2, 0.25) is 0 Å². The molecule has 1 aliphatic rings. The van der Waals surface area contributed by atoms with E-state index in [2.05, 4.69) is 10.2 Å². The lowest BCUT2D eigenvalue weighted by atomic mass is 10.0. The van der Waals surface area contributed by atoms with Crippen LogP contribution in [0.1, 0.15) is 38.9 Å². The van der Waals surface area contributed by atoms with Crippen molar-refractivity contribution < 1.29 is 14.7 Å². The molecule has 0 bridgehead atoms. The summed E-state index contributed by atoms with van der Waals surface area (Å²) in [4.78, 5) is 26.5. The minimum atomic E-state index is -0.604. The number of hydrogen-bond acceptors (Lipinski definition) is 5. The number of benzene rings is 1. The maximum Gasteiger partial charge on any atom is 0.251 e. The number of Topliss-reactive ketones (excluding diaryl/α,β-unsaturated/α-hetero) is 1. The fraction of sp³-hybridized carbons (Fsp3) is 0.368. The lowest BCUT2D eigenvalue weighted by Crippen LogP contribution is -2.53. The zero-order valence-corrected chi connectivity index (χ0v) is 15.0. The van der Waals surface area contributed by atoms with Gasteiger partial charge in [-0.05, 0) is 42.5 Å². The van der Waals surface area contributed by atoms with E-state index in [1.54, 1.807) is 19.1 Å². The first kappa shape index (κ1) is 17.8. The Balaban J connectivity index is 1.53. The molecular formula is C19H22N2O3S. The number of amides is 1. The molecule has 5 nitrogen and oxygen atoms in total. The molecule has 1 aromatic carbocycles. The van der Waals surface area contributed by atoms with Crippen molar-refractivity contribution in [2.75, 3.05) is 13.1 Å². The number of rotatable bonds is 5. The number of aliphatic hydroxyl groups excluding tert-OH is 1. The molecule has 132 valence electrons. The highest BCUT2D eigenvalue weighted by Gasteiger charge is 2.29. The van der Waals surface area contributed by atoms with Crippen molar-refractivity contribution in [3.8, 4) is 0 Å². The third-order valence-electron chi connectivity index (χ3n) is 4.43. The van der Waals surface area contributed by atoms with Gasteiger partial charge in [-0.2, -0.15) is 0 Å². The number of likely N-dealkylation sites (tertiary alicyclic amines) is 1. The van der Waals surface area contributed by atoms with Crippen LogP contribution in [0.4, 0.5) is 0 Å². The molecule has 0 radical (unpaired) electrons. The van der Waals surface area contributed by atoms with Crippen molar-refractivity contribution in [2.45, 2.75) is 32.0 Å². The number of carbonyl (C=O) groups excluding carboxylic acids is 2. The normalized spacial score (nSPS) is 21.0. The molecule has 1 amide bonds. The van der Waals surface area contributed by atoms with Gasteiger partial charge in [-0.3, -0.25) is 14.5 Å². The van der Waals surface area contributed by atoms with Gasteiger partial charge in [0.05, 0.1) is 17.0 Å². The number of thiophene rings is 1. The number of piperidine rings is 1. The Hall–Kier alpha value is -2.02. The average molecular weight is 358 g/mol. The molecule has 2 N–H and O–H groups in total. The van der Waals surface area contributed by atoms with E-state index in [-0.39, 0.29) is 17.7 Å². The maximum atomic E-state index is 12.2. The Labute approximate surface area is 151 Å². The van der Waals surface area contributed by atoms with Crippen LogP contribution < -0.4 is 5.32 Å². The third kappa shape index (κ3) is 4.54. The number of ketones is 1. The molecule has 6 heteroatoms. The minimum Gasteiger partial charge on any atom is -0.390 e. The van der Waals surface area contributed by atoms with Crippen molar-refractivity contribution >= 4 is 23.0 Å². The molecule has 2 aromatic rings. The Bertz CT molecular complexity index is 744. The van der Waals surface area contributed by atoms with Gasteiger partial charge in [0.25, 0.3) is 5.91 Å². The SMILES string of the molecule is CC(=O)c1cc(CN2CC[C@@H](NC(=O)c3ccccc3)[C@H](O)C2)cs1. The molecule has 1 aliphatic heterocycles. The highest BCUT2D eigenvalue weighted by Crippen LogP contribution is 2.20. The minimum absolute atomic E-state index is 0.0821.